The average Bonchev–Trinajstić information content (AvgIpc) is 3.63. The molecule has 12 unspecified atom stereocenters. The highest BCUT2D eigenvalue weighted by Crippen LogP contribution is 2.30. The molecular weight excluding hydrogens is 1050 g/mol. The van der Waals surface area contributed by atoms with Crippen LogP contribution in [0, 0.1) is 0 Å². The molecule has 83 heavy (non-hydrogen) atoms. The van der Waals surface area contributed by atoms with E-state index in [1.165, 1.54) is 64.2 Å². The van der Waals surface area contributed by atoms with Crippen LogP contribution in [0.1, 0.15) is 187 Å². The molecule has 2 aliphatic heterocycles. The number of nitrogens with one attached hydrogen (secondary N) is 1. The Labute approximate surface area is 500 Å². The summed E-state index contributed by atoms with van der Waals surface area (Å²) < 4.78 is 22.7. The van der Waals surface area contributed by atoms with Gasteiger partial charge < -0.3 is 65.1 Å². The molecule has 2 aliphatic rings. The second kappa shape index (κ2) is 52.2. The number of aliphatic hydroxyl groups is 8. The summed E-state index contributed by atoms with van der Waals surface area (Å²) in [6.07, 6.45) is 61.8. The summed E-state index contributed by atoms with van der Waals surface area (Å²) in [5.41, 5.74) is 0. The van der Waals surface area contributed by atoms with Crippen molar-refractivity contribution in [2.45, 2.75) is 261 Å². The van der Waals surface area contributed by atoms with E-state index >= 15 is 0 Å². The fourth-order valence-corrected chi connectivity index (χ4v) is 9.22. The number of amides is 1. The summed E-state index contributed by atoms with van der Waals surface area (Å²) in [6.45, 7) is 2.61. The molecule has 0 aromatic carbocycles. The second-order valence-corrected chi connectivity index (χ2v) is 21.4. The molecule has 12 atom stereocenters. The molecule has 0 radical (unpaired) electrons. The Bertz CT molecular complexity index is 1950. The zero-order valence-electron chi connectivity index (χ0n) is 50.6. The molecule has 470 valence electrons. The highest BCUT2D eigenvalue weighted by molar-refractivity contribution is 5.76. The van der Waals surface area contributed by atoms with Gasteiger partial charge in [0, 0.05) is 6.42 Å². The van der Waals surface area contributed by atoms with Crippen LogP contribution in [0.5, 0.6) is 0 Å². The summed E-state index contributed by atoms with van der Waals surface area (Å²) in [5, 5.41) is 87.1. The first-order chi connectivity index (χ1) is 40.6. The third kappa shape index (κ3) is 37.1. The molecule has 0 saturated carbocycles. The van der Waals surface area contributed by atoms with Gasteiger partial charge in [-0.3, -0.25) is 4.79 Å². The van der Waals surface area contributed by atoms with Crippen molar-refractivity contribution in [3.05, 3.63) is 146 Å². The Hall–Kier alpha value is -4.13. The van der Waals surface area contributed by atoms with Gasteiger partial charge in [0.05, 0.1) is 32.0 Å². The summed E-state index contributed by atoms with van der Waals surface area (Å²) in [5.74, 6) is -0.298. The van der Waals surface area contributed by atoms with E-state index < -0.39 is 86.8 Å². The molecule has 0 aromatic rings. The first-order valence-electron chi connectivity index (χ1n) is 31.6. The van der Waals surface area contributed by atoms with Gasteiger partial charge in [0.15, 0.2) is 12.6 Å². The number of unbranched alkanes of at least 4 members (excludes halogenated alkanes) is 13. The van der Waals surface area contributed by atoms with Gasteiger partial charge in [-0.15, -0.1) is 0 Å². The Morgan fingerprint density at radius 2 is 0.843 bits per heavy atom. The molecule has 2 heterocycles. The quantitative estimate of drug-likeness (QED) is 0.0204. The summed E-state index contributed by atoms with van der Waals surface area (Å²) >= 11 is 0. The van der Waals surface area contributed by atoms with E-state index in [-0.39, 0.29) is 18.9 Å². The average molecular weight is 1160 g/mol. The zero-order chi connectivity index (χ0) is 60.2. The van der Waals surface area contributed by atoms with Crippen molar-refractivity contribution in [2.24, 2.45) is 0 Å². The van der Waals surface area contributed by atoms with Crippen LogP contribution < -0.4 is 5.32 Å². The van der Waals surface area contributed by atoms with Crippen molar-refractivity contribution < 1.29 is 64.6 Å². The minimum atomic E-state index is -1.80. The number of hydrogen-bond donors (Lipinski definition) is 9. The number of carbonyl (C=O) groups excluding carboxylic acids is 1. The van der Waals surface area contributed by atoms with Crippen molar-refractivity contribution >= 4 is 5.91 Å². The number of hydrogen-bond acceptors (Lipinski definition) is 13. The molecule has 9 N–H and O–H groups in total. The van der Waals surface area contributed by atoms with Gasteiger partial charge in [-0.1, -0.05) is 217 Å². The Morgan fingerprint density at radius 3 is 1.33 bits per heavy atom. The van der Waals surface area contributed by atoms with E-state index in [1.807, 2.05) is 6.08 Å². The maximum absolute atomic E-state index is 13.3. The Balaban J connectivity index is 1.75. The molecular formula is C69H111NO13. The molecule has 2 rings (SSSR count). The van der Waals surface area contributed by atoms with E-state index in [0.29, 0.717) is 12.8 Å². The number of aliphatic hydroxyl groups excluding tert-OH is 8. The summed E-state index contributed by atoms with van der Waals surface area (Å²) in [4.78, 5) is 13.3. The third-order valence-electron chi connectivity index (χ3n) is 14.3. The second-order valence-electron chi connectivity index (χ2n) is 21.4. The molecule has 2 fully saturated rings. The van der Waals surface area contributed by atoms with Gasteiger partial charge in [0.25, 0.3) is 0 Å². The van der Waals surface area contributed by atoms with Crippen LogP contribution in [0.2, 0.25) is 0 Å². The zero-order valence-corrected chi connectivity index (χ0v) is 50.6. The van der Waals surface area contributed by atoms with E-state index in [0.717, 1.165) is 89.9 Å². The standard InChI is InChI=1S/C69H111NO13/c1-3-5-7-9-11-13-15-17-19-21-22-23-24-25-26-27-28-29-30-31-32-33-34-35-36-37-39-41-43-45-47-49-51-53-61(74)70-57(58(73)52-50-48-46-44-42-40-38-20-18-16-14-12-10-8-6-4-2)56-80-68-66(79)64(77)67(60(55-72)82-68)83-69-65(78)63(76)62(75)59(54-71)81-69/h5,7,11,13,17,19,22-23,25-26,28-29,31-32,34-35,37,39,42-45,50,52,57-60,62-69,71-73,75-79H,3-4,6,8-10,12,14-16,18,20-21,24,27,30,33,36,38,40-41,46-49,51,53-56H2,1-2H3,(H,70,74)/b7-5-,13-11-,19-17-,23-22-,26-25-,29-28-,32-31-,35-34-,39-37-,44-42+,45-43-,52-50+. The molecule has 2 saturated heterocycles. The fourth-order valence-electron chi connectivity index (χ4n) is 9.22. The molecule has 0 spiro atoms. The monoisotopic (exact) mass is 1160 g/mol. The van der Waals surface area contributed by atoms with Gasteiger partial charge in [0.2, 0.25) is 5.91 Å². The van der Waals surface area contributed by atoms with Crippen LogP contribution in [-0.4, -0.2) is 140 Å². The first-order valence-corrected chi connectivity index (χ1v) is 31.6. The number of rotatable bonds is 48. The lowest BCUT2D eigenvalue weighted by molar-refractivity contribution is -0.359. The predicted octanol–water partition coefficient (Wildman–Crippen LogP) is 11.7. The van der Waals surface area contributed by atoms with Gasteiger partial charge in [0.1, 0.15) is 48.8 Å². The lowest BCUT2D eigenvalue weighted by Crippen LogP contribution is -2.65. The van der Waals surface area contributed by atoms with Crippen LogP contribution in [0.25, 0.3) is 0 Å². The Morgan fingerprint density at radius 1 is 0.446 bits per heavy atom. The smallest absolute Gasteiger partial charge is 0.220 e. The fraction of sp³-hybridized carbons (Fsp3) is 0.638. The maximum atomic E-state index is 13.3. The van der Waals surface area contributed by atoms with Crippen LogP contribution >= 0.6 is 0 Å². The van der Waals surface area contributed by atoms with E-state index in [4.69, 9.17) is 18.9 Å². The van der Waals surface area contributed by atoms with E-state index in [9.17, 15) is 45.6 Å². The van der Waals surface area contributed by atoms with Crippen LogP contribution in [0.4, 0.5) is 0 Å². The number of carbonyl (C=O) groups is 1. The van der Waals surface area contributed by atoms with Crippen molar-refractivity contribution in [3.8, 4) is 0 Å². The molecule has 14 nitrogen and oxygen atoms in total. The topological polar surface area (TPSA) is 228 Å². The number of allylic oxidation sites excluding steroid dienone is 23. The lowest BCUT2D eigenvalue weighted by Gasteiger charge is -2.46. The minimum Gasteiger partial charge on any atom is -0.394 e. The molecule has 0 aliphatic carbocycles. The van der Waals surface area contributed by atoms with Crippen molar-refractivity contribution in [2.75, 3.05) is 19.8 Å². The van der Waals surface area contributed by atoms with Crippen LogP contribution in [0.3, 0.4) is 0 Å². The molecule has 0 bridgehead atoms. The molecule has 14 heteroatoms. The predicted molar refractivity (Wildman–Crippen MR) is 336 cm³/mol. The van der Waals surface area contributed by atoms with Crippen molar-refractivity contribution in [1.82, 2.24) is 5.32 Å². The Kier molecular flexibility index (Phi) is 47.2. The third-order valence-corrected chi connectivity index (χ3v) is 14.3. The van der Waals surface area contributed by atoms with Crippen molar-refractivity contribution in [3.63, 3.8) is 0 Å². The van der Waals surface area contributed by atoms with Gasteiger partial charge in [-0.25, -0.2) is 0 Å². The lowest BCUT2D eigenvalue weighted by atomic mass is 9.97. The van der Waals surface area contributed by atoms with E-state index in [1.54, 1.807) is 6.08 Å². The van der Waals surface area contributed by atoms with Gasteiger partial charge >= 0.3 is 0 Å². The summed E-state index contributed by atoms with van der Waals surface area (Å²) in [6, 6.07) is -0.966. The van der Waals surface area contributed by atoms with Gasteiger partial charge in [-0.05, 0) is 109 Å². The van der Waals surface area contributed by atoms with Crippen LogP contribution in [-0.2, 0) is 23.7 Å². The first kappa shape index (κ1) is 75.0. The largest absolute Gasteiger partial charge is 0.394 e. The van der Waals surface area contributed by atoms with E-state index in [2.05, 4.69) is 153 Å². The highest BCUT2D eigenvalue weighted by Gasteiger charge is 2.51. The van der Waals surface area contributed by atoms with Crippen LogP contribution in [0.15, 0.2) is 146 Å². The minimum absolute atomic E-state index is 0.208. The maximum Gasteiger partial charge on any atom is 0.220 e. The summed E-state index contributed by atoms with van der Waals surface area (Å²) in [7, 11) is 0. The molecule has 0 aromatic heterocycles. The van der Waals surface area contributed by atoms with Crippen molar-refractivity contribution in [1.29, 1.82) is 0 Å². The normalized spacial score (nSPS) is 24.8. The SMILES string of the molecule is CC/C=C\C/C=C\C/C=C\C/C=C\C/C=C\C/C=C\C/C=C\C/C=C\C/C=C\C/C=C\CCCCC(=O)NC(COC1OC(CO)C(OC2OC(CO)C(O)C(O)C2O)C(O)C1O)C(O)/C=C/CC/C=C/CCCCCCCCCCCC. The highest BCUT2D eigenvalue weighted by atomic mass is 16.7. The number of ether oxygens (including phenoxy) is 4. The van der Waals surface area contributed by atoms with Gasteiger partial charge in [-0.2, -0.15) is 0 Å². The molecule has 1 amide bonds.